The summed E-state index contributed by atoms with van der Waals surface area (Å²) < 4.78 is 13.2. The van der Waals surface area contributed by atoms with Gasteiger partial charge in [0.15, 0.2) is 11.5 Å². The zero-order chi connectivity index (χ0) is 21.3. The van der Waals surface area contributed by atoms with Crippen molar-refractivity contribution in [2.45, 2.75) is 6.54 Å². The standard InChI is InChI=1S/C23H17FN2O4/c24-16-5-2-14(3-6-16)15-4-7-17-18(10-15)19(23(30)26-22(17)29)12-25-11-13-1-8-20(27)21(28)9-13/h1-10,12,25,27-28H,11H2,(H,26,29,30). The molecule has 4 rings (SSSR count). The molecule has 3 aromatic rings. The molecule has 0 spiro atoms. The lowest BCUT2D eigenvalue weighted by molar-refractivity contribution is -0.114. The minimum atomic E-state index is -0.537. The van der Waals surface area contributed by atoms with E-state index in [2.05, 4.69) is 10.6 Å². The number of carbonyl (C=O) groups excluding carboxylic acids is 2. The molecule has 0 atom stereocenters. The number of phenols is 2. The summed E-state index contributed by atoms with van der Waals surface area (Å²) in [5.74, 6) is -1.83. The lowest BCUT2D eigenvalue weighted by Gasteiger charge is -2.19. The SMILES string of the molecule is O=C1NC(=O)c2ccc(-c3ccc(F)cc3)cc2C1=CNCc1ccc(O)c(O)c1. The van der Waals surface area contributed by atoms with Crippen molar-refractivity contribution in [2.75, 3.05) is 0 Å². The lowest BCUT2D eigenvalue weighted by Crippen LogP contribution is -2.37. The van der Waals surface area contributed by atoms with E-state index in [0.717, 1.165) is 11.1 Å². The van der Waals surface area contributed by atoms with E-state index < -0.39 is 11.8 Å². The van der Waals surface area contributed by atoms with Gasteiger partial charge in [0.2, 0.25) is 0 Å². The molecule has 0 aliphatic carbocycles. The van der Waals surface area contributed by atoms with Gasteiger partial charge in [0.1, 0.15) is 5.82 Å². The third-order valence-corrected chi connectivity index (χ3v) is 4.80. The van der Waals surface area contributed by atoms with E-state index in [-0.39, 0.29) is 29.4 Å². The fourth-order valence-electron chi connectivity index (χ4n) is 3.24. The van der Waals surface area contributed by atoms with Crippen LogP contribution in [0.5, 0.6) is 11.5 Å². The molecule has 0 unspecified atom stereocenters. The summed E-state index contributed by atoms with van der Waals surface area (Å²) in [5, 5.41) is 24.3. The fourth-order valence-corrected chi connectivity index (χ4v) is 3.24. The smallest absolute Gasteiger partial charge is 0.260 e. The average molecular weight is 404 g/mol. The van der Waals surface area contributed by atoms with Gasteiger partial charge in [-0.15, -0.1) is 0 Å². The zero-order valence-corrected chi connectivity index (χ0v) is 15.6. The number of hydrogen-bond donors (Lipinski definition) is 4. The van der Waals surface area contributed by atoms with E-state index in [1.807, 2.05) is 0 Å². The number of benzene rings is 3. The van der Waals surface area contributed by atoms with Gasteiger partial charge in [0, 0.05) is 23.9 Å². The molecule has 30 heavy (non-hydrogen) atoms. The molecule has 1 aliphatic rings. The number of phenolic OH excluding ortho intramolecular Hbond substituents is 2. The van der Waals surface area contributed by atoms with Gasteiger partial charge >= 0.3 is 0 Å². The Morgan fingerprint density at radius 2 is 1.57 bits per heavy atom. The molecule has 2 amide bonds. The van der Waals surface area contributed by atoms with Crippen LogP contribution < -0.4 is 10.6 Å². The highest BCUT2D eigenvalue weighted by Gasteiger charge is 2.27. The van der Waals surface area contributed by atoms with Crippen LogP contribution in [0.3, 0.4) is 0 Å². The Balaban J connectivity index is 1.66. The van der Waals surface area contributed by atoms with Gasteiger partial charge in [0.25, 0.3) is 11.8 Å². The molecule has 4 N–H and O–H groups in total. The summed E-state index contributed by atoms with van der Waals surface area (Å²) in [6.45, 7) is 0.283. The molecule has 0 fully saturated rings. The van der Waals surface area contributed by atoms with Crippen LogP contribution in [0.25, 0.3) is 16.7 Å². The number of imide groups is 1. The molecule has 0 aromatic heterocycles. The second kappa shape index (κ2) is 7.71. The maximum atomic E-state index is 13.2. The second-order valence-corrected chi connectivity index (χ2v) is 6.81. The maximum Gasteiger partial charge on any atom is 0.260 e. The third-order valence-electron chi connectivity index (χ3n) is 4.80. The van der Waals surface area contributed by atoms with Crippen molar-refractivity contribution < 1.29 is 24.2 Å². The fraction of sp³-hybridized carbons (Fsp3) is 0.0435. The molecule has 7 heteroatoms. The normalized spacial score (nSPS) is 14.4. The van der Waals surface area contributed by atoms with Crippen LogP contribution >= 0.6 is 0 Å². The molecule has 6 nitrogen and oxygen atoms in total. The summed E-state index contributed by atoms with van der Waals surface area (Å²) in [5.41, 5.74) is 3.28. The topological polar surface area (TPSA) is 98.7 Å². The number of rotatable bonds is 4. The van der Waals surface area contributed by atoms with Crippen molar-refractivity contribution in [3.05, 3.63) is 89.4 Å². The van der Waals surface area contributed by atoms with Gasteiger partial charge in [-0.1, -0.05) is 24.3 Å². The van der Waals surface area contributed by atoms with Gasteiger partial charge in [0.05, 0.1) is 5.57 Å². The Kier molecular flexibility index (Phi) is 4.93. The van der Waals surface area contributed by atoms with E-state index in [1.165, 1.54) is 30.5 Å². The molecule has 1 aliphatic heterocycles. The number of halogens is 1. The van der Waals surface area contributed by atoms with Crippen LogP contribution in [0.1, 0.15) is 21.5 Å². The molecular formula is C23H17FN2O4. The second-order valence-electron chi connectivity index (χ2n) is 6.81. The predicted octanol–water partition coefficient (Wildman–Crippen LogP) is 3.30. The lowest BCUT2D eigenvalue weighted by atomic mass is 9.91. The summed E-state index contributed by atoms with van der Waals surface area (Å²) in [4.78, 5) is 24.7. The van der Waals surface area contributed by atoms with Crippen LogP contribution in [0.15, 0.2) is 66.9 Å². The number of carbonyl (C=O) groups is 2. The Morgan fingerprint density at radius 3 is 2.30 bits per heavy atom. The molecule has 3 aromatic carbocycles. The molecule has 0 saturated heterocycles. The quantitative estimate of drug-likeness (QED) is 0.304. The first-order valence-electron chi connectivity index (χ1n) is 9.13. The Labute approximate surface area is 171 Å². The van der Waals surface area contributed by atoms with E-state index in [1.54, 1.807) is 36.4 Å². The summed E-state index contributed by atoms with van der Waals surface area (Å²) >= 11 is 0. The number of amides is 2. The summed E-state index contributed by atoms with van der Waals surface area (Å²) in [7, 11) is 0. The highest BCUT2D eigenvalue weighted by atomic mass is 19.1. The number of aromatic hydroxyl groups is 2. The van der Waals surface area contributed by atoms with Crippen LogP contribution in [0.4, 0.5) is 4.39 Å². The van der Waals surface area contributed by atoms with Gasteiger partial charge in [-0.25, -0.2) is 4.39 Å². The number of nitrogens with one attached hydrogen (secondary N) is 2. The molecule has 1 heterocycles. The third kappa shape index (κ3) is 3.73. The highest BCUT2D eigenvalue weighted by Crippen LogP contribution is 2.30. The van der Waals surface area contributed by atoms with Gasteiger partial charge in [-0.3, -0.25) is 14.9 Å². The van der Waals surface area contributed by atoms with Gasteiger partial charge < -0.3 is 15.5 Å². The van der Waals surface area contributed by atoms with Crippen molar-refractivity contribution in [3.63, 3.8) is 0 Å². The molecule has 0 bridgehead atoms. The first-order valence-corrected chi connectivity index (χ1v) is 9.13. The van der Waals surface area contributed by atoms with Crippen molar-refractivity contribution in [1.29, 1.82) is 0 Å². The number of hydrogen-bond acceptors (Lipinski definition) is 5. The van der Waals surface area contributed by atoms with E-state index in [0.29, 0.717) is 16.7 Å². The minimum Gasteiger partial charge on any atom is -0.504 e. The van der Waals surface area contributed by atoms with E-state index in [9.17, 15) is 24.2 Å². The predicted molar refractivity (Wildman–Crippen MR) is 109 cm³/mol. The van der Waals surface area contributed by atoms with Crippen molar-refractivity contribution in [1.82, 2.24) is 10.6 Å². The average Bonchev–Trinajstić information content (AvgIpc) is 2.73. The Morgan fingerprint density at radius 1 is 0.833 bits per heavy atom. The first-order chi connectivity index (χ1) is 14.4. The monoisotopic (exact) mass is 404 g/mol. The van der Waals surface area contributed by atoms with Crippen LogP contribution in [-0.2, 0) is 11.3 Å². The van der Waals surface area contributed by atoms with Crippen LogP contribution in [-0.4, -0.2) is 22.0 Å². The largest absolute Gasteiger partial charge is 0.504 e. The molecule has 0 saturated carbocycles. The van der Waals surface area contributed by atoms with Gasteiger partial charge in [-0.2, -0.15) is 0 Å². The number of fused-ring (bicyclic) bond motifs is 1. The van der Waals surface area contributed by atoms with Crippen LogP contribution in [0.2, 0.25) is 0 Å². The van der Waals surface area contributed by atoms with Crippen molar-refractivity contribution in [3.8, 4) is 22.6 Å². The van der Waals surface area contributed by atoms with Crippen molar-refractivity contribution >= 4 is 17.4 Å². The highest BCUT2D eigenvalue weighted by molar-refractivity contribution is 6.31. The first kappa shape index (κ1) is 19.2. The minimum absolute atomic E-state index is 0.218. The van der Waals surface area contributed by atoms with Gasteiger partial charge in [-0.05, 0) is 53.1 Å². The van der Waals surface area contributed by atoms with Crippen LogP contribution in [0, 0.1) is 5.82 Å². The molecule has 150 valence electrons. The maximum absolute atomic E-state index is 13.2. The Hall–Kier alpha value is -4.13. The summed E-state index contributed by atoms with van der Waals surface area (Å²) in [6.07, 6.45) is 1.50. The molecule has 0 radical (unpaired) electrons. The van der Waals surface area contributed by atoms with Crippen molar-refractivity contribution in [2.24, 2.45) is 0 Å². The zero-order valence-electron chi connectivity index (χ0n) is 15.6. The molecular weight excluding hydrogens is 387 g/mol. The van der Waals surface area contributed by atoms with E-state index in [4.69, 9.17) is 0 Å². The Bertz CT molecular complexity index is 1190. The van der Waals surface area contributed by atoms with E-state index >= 15 is 0 Å². The summed E-state index contributed by atoms with van der Waals surface area (Å²) in [6, 6.07) is 15.4.